The lowest BCUT2D eigenvalue weighted by molar-refractivity contribution is 0.629. The van der Waals surface area contributed by atoms with Gasteiger partial charge in [-0.2, -0.15) is 5.10 Å². The Morgan fingerprint density at radius 1 is 1.33 bits per heavy atom. The molecule has 0 bridgehead atoms. The van der Waals surface area contributed by atoms with Crippen LogP contribution in [0.2, 0.25) is 0 Å². The smallest absolute Gasteiger partial charge is 0.146 e. The number of anilines is 1. The summed E-state index contributed by atoms with van der Waals surface area (Å²) >= 11 is 0. The van der Waals surface area contributed by atoms with Gasteiger partial charge in [-0.25, -0.2) is 4.39 Å². The molecule has 1 heterocycles. The first-order valence-electron chi connectivity index (χ1n) is 4.72. The lowest BCUT2D eigenvalue weighted by atomic mass is 10.3. The zero-order valence-corrected chi connectivity index (χ0v) is 8.44. The molecule has 78 valence electrons. The van der Waals surface area contributed by atoms with E-state index in [4.69, 9.17) is 0 Å². The van der Waals surface area contributed by atoms with Gasteiger partial charge in [-0.3, -0.25) is 4.68 Å². The number of aromatic nitrogens is 2. The number of para-hydroxylation sites is 1. The Morgan fingerprint density at radius 3 is 2.80 bits per heavy atom. The molecule has 0 atom stereocenters. The standard InChI is InChI=1S/C11H12FN3/c1-15-7-6-9(14-15)8-13-11-5-3-2-4-10(11)12/h2-7,13H,8H2,1H3. The average molecular weight is 205 g/mol. The third-order valence-electron chi connectivity index (χ3n) is 2.10. The quantitative estimate of drug-likeness (QED) is 0.832. The van der Waals surface area contributed by atoms with E-state index in [1.165, 1.54) is 6.07 Å². The third kappa shape index (κ3) is 2.34. The molecule has 0 fully saturated rings. The Kier molecular flexibility index (Phi) is 2.67. The van der Waals surface area contributed by atoms with Crippen molar-refractivity contribution < 1.29 is 4.39 Å². The van der Waals surface area contributed by atoms with Gasteiger partial charge < -0.3 is 5.32 Å². The average Bonchev–Trinajstić information content (AvgIpc) is 2.63. The second kappa shape index (κ2) is 4.13. The maximum atomic E-state index is 13.2. The molecule has 1 aromatic heterocycles. The molecule has 2 aromatic rings. The normalized spacial score (nSPS) is 10.3. The van der Waals surface area contributed by atoms with Gasteiger partial charge in [0.15, 0.2) is 0 Å². The fraction of sp³-hybridized carbons (Fsp3) is 0.182. The number of benzene rings is 1. The molecular weight excluding hydrogens is 193 g/mol. The number of nitrogens with one attached hydrogen (secondary N) is 1. The van der Waals surface area contributed by atoms with Gasteiger partial charge >= 0.3 is 0 Å². The van der Waals surface area contributed by atoms with Gasteiger partial charge in [0.2, 0.25) is 0 Å². The third-order valence-corrected chi connectivity index (χ3v) is 2.10. The van der Waals surface area contributed by atoms with Crippen LogP contribution in [0.1, 0.15) is 5.69 Å². The summed E-state index contributed by atoms with van der Waals surface area (Å²) in [5, 5.41) is 7.18. The van der Waals surface area contributed by atoms with Gasteiger partial charge in [0.1, 0.15) is 5.82 Å². The second-order valence-corrected chi connectivity index (χ2v) is 3.31. The minimum Gasteiger partial charge on any atom is -0.377 e. The number of rotatable bonds is 3. The summed E-state index contributed by atoms with van der Waals surface area (Å²) in [6.07, 6.45) is 1.86. The highest BCUT2D eigenvalue weighted by Gasteiger charge is 2.00. The zero-order valence-electron chi connectivity index (χ0n) is 8.44. The lowest BCUT2D eigenvalue weighted by Gasteiger charge is -2.04. The number of nitrogens with zero attached hydrogens (tertiary/aromatic N) is 2. The molecule has 4 heteroatoms. The van der Waals surface area contributed by atoms with Crippen molar-refractivity contribution in [1.82, 2.24) is 9.78 Å². The number of hydrogen-bond donors (Lipinski definition) is 1. The van der Waals surface area contributed by atoms with Crippen LogP contribution in [0.4, 0.5) is 10.1 Å². The van der Waals surface area contributed by atoms with E-state index in [1.807, 2.05) is 19.3 Å². The summed E-state index contributed by atoms with van der Waals surface area (Å²) in [6.45, 7) is 0.530. The highest BCUT2D eigenvalue weighted by Crippen LogP contribution is 2.13. The van der Waals surface area contributed by atoms with Crippen molar-refractivity contribution in [2.45, 2.75) is 6.54 Å². The van der Waals surface area contributed by atoms with Gasteiger partial charge in [0.05, 0.1) is 17.9 Å². The Hall–Kier alpha value is -1.84. The van der Waals surface area contributed by atoms with Crippen molar-refractivity contribution in [2.75, 3.05) is 5.32 Å². The maximum Gasteiger partial charge on any atom is 0.146 e. The van der Waals surface area contributed by atoms with Crippen LogP contribution in [0.3, 0.4) is 0 Å². The lowest BCUT2D eigenvalue weighted by Crippen LogP contribution is -2.02. The van der Waals surface area contributed by atoms with E-state index in [-0.39, 0.29) is 5.82 Å². The summed E-state index contributed by atoms with van der Waals surface area (Å²) in [5.74, 6) is -0.242. The summed E-state index contributed by atoms with van der Waals surface area (Å²) in [7, 11) is 1.85. The molecule has 1 aromatic carbocycles. The monoisotopic (exact) mass is 205 g/mol. The molecule has 0 amide bonds. The van der Waals surface area contributed by atoms with Gasteiger partial charge in [-0.15, -0.1) is 0 Å². The number of aryl methyl sites for hydroxylation is 1. The molecule has 0 spiro atoms. The van der Waals surface area contributed by atoms with E-state index in [0.29, 0.717) is 12.2 Å². The first-order chi connectivity index (χ1) is 7.25. The van der Waals surface area contributed by atoms with E-state index < -0.39 is 0 Å². The molecule has 0 unspecified atom stereocenters. The molecule has 2 rings (SSSR count). The maximum absolute atomic E-state index is 13.2. The van der Waals surface area contributed by atoms with E-state index >= 15 is 0 Å². The highest BCUT2D eigenvalue weighted by atomic mass is 19.1. The Balaban J connectivity index is 2.02. The van der Waals surface area contributed by atoms with E-state index in [0.717, 1.165) is 5.69 Å². The first kappa shape index (κ1) is 9.71. The fourth-order valence-corrected chi connectivity index (χ4v) is 1.35. The van der Waals surface area contributed by atoms with E-state index in [9.17, 15) is 4.39 Å². The Morgan fingerprint density at radius 2 is 2.13 bits per heavy atom. The van der Waals surface area contributed by atoms with Crippen LogP contribution in [-0.4, -0.2) is 9.78 Å². The largest absolute Gasteiger partial charge is 0.377 e. The van der Waals surface area contributed by atoms with Gasteiger partial charge in [-0.05, 0) is 18.2 Å². The molecule has 0 saturated heterocycles. The highest BCUT2D eigenvalue weighted by molar-refractivity contribution is 5.44. The van der Waals surface area contributed by atoms with Crippen LogP contribution < -0.4 is 5.32 Å². The number of halogens is 1. The molecule has 0 saturated carbocycles. The second-order valence-electron chi connectivity index (χ2n) is 3.31. The van der Waals surface area contributed by atoms with Crippen molar-refractivity contribution >= 4 is 5.69 Å². The van der Waals surface area contributed by atoms with Crippen LogP contribution in [0, 0.1) is 5.82 Å². The molecule has 1 N–H and O–H groups in total. The molecule has 0 aliphatic heterocycles. The van der Waals surface area contributed by atoms with Crippen LogP contribution >= 0.6 is 0 Å². The predicted molar refractivity (Wildman–Crippen MR) is 56.9 cm³/mol. The summed E-state index contributed by atoms with van der Waals surface area (Å²) in [4.78, 5) is 0. The molecule has 0 aliphatic carbocycles. The minimum atomic E-state index is -0.242. The molecule has 15 heavy (non-hydrogen) atoms. The van der Waals surface area contributed by atoms with Gasteiger partial charge in [0, 0.05) is 13.2 Å². The zero-order chi connectivity index (χ0) is 10.7. The van der Waals surface area contributed by atoms with Crippen molar-refractivity contribution in [1.29, 1.82) is 0 Å². The fourth-order valence-electron chi connectivity index (χ4n) is 1.35. The van der Waals surface area contributed by atoms with Crippen LogP contribution in [0.5, 0.6) is 0 Å². The van der Waals surface area contributed by atoms with Crippen molar-refractivity contribution in [2.24, 2.45) is 7.05 Å². The molecule has 0 radical (unpaired) electrons. The predicted octanol–water partition coefficient (Wildman–Crippen LogP) is 2.17. The topological polar surface area (TPSA) is 29.9 Å². The summed E-state index contributed by atoms with van der Waals surface area (Å²) in [5.41, 5.74) is 1.39. The summed E-state index contributed by atoms with van der Waals surface area (Å²) in [6, 6.07) is 8.50. The van der Waals surface area contributed by atoms with Crippen molar-refractivity contribution in [3.8, 4) is 0 Å². The molecular formula is C11H12FN3. The van der Waals surface area contributed by atoms with Gasteiger partial charge in [-0.1, -0.05) is 12.1 Å². The minimum absolute atomic E-state index is 0.242. The van der Waals surface area contributed by atoms with Crippen molar-refractivity contribution in [3.05, 3.63) is 48.0 Å². The van der Waals surface area contributed by atoms with Crippen LogP contribution in [-0.2, 0) is 13.6 Å². The van der Waals surface area contributed by atoms with Crippen LogP contribution in [0.15, 0.2) is 36.5 Å². The molecule has 3 nitrogen and oxygen atoms in total. The Bertz CT molecular complexity index is 451. The van der Waals surface area contributed by atoms with Crippen LogP contribution in [0.25, 0.3) is 0 Å². The summed E-state index contributed by atoms with van der Waals surface area (Å²) < 4.78 is 14.9. The van der Waals surface area contributed by atoms with E-state index in [1.54, 1.807) is 22.9 Å². The Labute approximate surface area is 87.5 Å². The van der Waals surface area contributed by atoms with E-state index in [2.05, 4.69) is 10.4 Å². The first-order valence-corrected chi connectivity index (χ1v) is 4.72. The van der Waals surface area contributed by atoms with Gasteiger partial charge in [0.25, 0.3) is 0 Å². The SMILES string of the molecule is Cn1ccc(CNc2ccccc2F)n1. The van der Waals surface area contributed by atoms with Crippen molar-refractivity contribution in [3.63, 3.8) is 0 Å². The molecule has 0 aliphatic rings. The number of hydrogen-bond acceptors (Lipinski definition) is 2.